The van der Waals surface area contributed by atoms with Gasteiger partial charge in [-0.3, -0.25) is 4.79 Å². The highest BCUT2D eigenvalue weighted by atomic mass is 16.1. The van der Waals surface area contributed by atoms with E-state index >= 15 is 0 Å². The van der Waals surface area contributed by atoms with Crippen LogP contribution >= 0.6 is 0 Å². The average Bonchev–Trinajstić information content (AvgIpc) is 2.81. The number of hydrogen-bond donors (Lipinski definition) is 2. The average molecular weight is 315 g/mol. The minimum Gasteiger partial charge on any atom is -0.349 e. The monoisotopic (exact) mass is 315 g/mol. The molecule has 4 heteroatoms. The summed E-state index contributed by atoms with van der Waals surface area (Å²) in [6.45, 7) is 7.66. The molecule has 0 aliphatic carbocycles. The minimum atomic E-state index is 0.0962. The molecule has 1 fully saturated rings. The molecule has 2 aliphatic heterocycles. The zero-order chi connectivity index (χ0) is 16.1. The fourth-order valence-electron chi connectivity index (χ4n) is 3.70. The van der Waals surface area contributed by atoms with E-state index in [4.69, 9.17) is 0 Å². The Morgan fingerprint density at radius 3 is 2.70 bits per heavy atom. The highest BCUT2D eigenvalue weighted by molar-refractivity contribution is 5.94. The molecule has 126 valence electrons. The van der Waals surface area contributed by atoms with Gasteiger partial charge in [-0.25, -0.2) is 0 Å². The summed E-state index contributed by atoms with van der Waals surface area (Å²) in [6, 6.07) is 6.56. The number of carbonyl (C=O) groups excluding carboxylic acids is 1. The molecule has 0 saturated carbocycles. The van der Waals surface area contributed by atoms with Crippen LogP contribution in [-0.4, -0.2) is 49.6 Å². The summed E-state index contributed by atoms with van der Waals surface area (Å²) in [4.78, 5) is 15.0. The van der Waals surface area contributed by atoms with Gasteiger partial charge < -0.3 is 15.5 Å². The zero-order valence-corrected chi connectivity index (χ0v) is 14.2. The van der Waals surface area contributed by atoms with E-state index in [1.807, 2.05) is 6.07 Å². The van der Waals surface area contributed by atoms with E-state index in [1.165, 1.54) is 24.1 Å². The number of likely N-dealkylation sites (tertiary alicyclic amines) is 1. The fraction of sp³-hybridized carbons (Fsp3) is 0.632. The van der Waals surface area contributed by atoms with Gasteiger partial charge in [0.2, 0.25) is 0 Å². The maximum absolute atomic E-state index is 12.6. The molecule has 4 nitrogen and oxygen atoms in total. The van der Waals surface area contributed by atoms with Crippen LogP contribution in [0.5, 0.6) is 0 Å². The molecule has 0 unspecified atom stereocenters. The lowest BCUT2D eigenvalue weighted by Crippen LogP contribution is -2.44. The van der Waals surface area contributed by atoms with Crippen LogP contribution in [0.1, 0.15) is 47.7 Å². The Morgan fingerprint density at radius 1 is 1.22 bits per heavy atom. The first-order chi connectivity index (χ1) is 11.3. The normalized spacial score (nSPS) is 19.9. The third-order valence-corrected chi connectivity index (χ3v) is 5.07. The van der Waals surface area contributed by atoms with Crippen LogP contribution in [0.4, 0.5) is 0 Å². The van der Waals surface area contributed by atoms with E-state index in [0.717, 1.165) is 57.4 Å². The second kappa shape index (κ2) is 7.93. The van der Waals surface area contributed by atoms with Gasteiger partial charge in [-0.05, 0) is 75.0 Å². The van der Waals surface area contributed by atoms with Crippen LogP contribution in [-0.2, 0) is 12.8 Å². The van der Waals surface area contributed by atoms with Crippen LogP contribution in [0.2, 0.25) is 0 Å². The van der Waals surface area contributed by atoms with E-state index in [9.17, 15) is 4.79 Å². The van der Waals surface area contributed by atoms with Crippen molar-refractivity contribution in [1.82, 2.24) is 15.5 Å². The third-order valence-electron chi connectivity index (χ3n) is 5.07. The second-order valence-corrected chi connectivity index (χ2v) is 6.82. The number of nitrogens with zero attached hydrogens (tertiary/aromatic N) is 1. The molecule has 0 spiro atoms. The Hall–Kier alpha value is -1.39. The van der Waals surface area contributed by atoms with Gasteiger partial charge in [0, 0.05) is 24.7 Å². The number of piperidine rings is 1. The van der Waals surface area contributed by atoms with Crippen LogP contribution < -0.4 is 10.6 Å². The lowest BCUT2D eigenvalue weighted by Gasteiger charge is -2.32. The van der Waals surface area contributed by atoms with Crippen molar-refractivity contribution in [2.75, 3.05) is 32.7 Å². The molecule has 0 atom stereocenters. The summed E-state index contributed by atoms with van der Waals surface area (Å²) < 4.78 is 0. The van der Waals surface area contributed by atoms with E-state index in [2.05, 4.69) is 34.6 Å². The minimum absolute atomic E-state index is 0.0962. The van der Waals surface area contributed by atoms with Crippen LogP contribution in [0, 0.1) is 0 Å². The van der Waals surface area contributed by atoms with Crippen molar-refractivity contribution < 1.29 is 4.79 Å². The predicted octanol–water partition coefficient (Wildman–Crippen LogP) is 1.98. The standard InChI is InChI=1S/C19H29N3O/c1-2-11-22-12-7-18(8-13-22)21-19(23)17-4-3-15-5-9-20-10-6-16(15)14-17/h3-4,14,18,20H,2,5-13H2,1H3,(H,21,23). The quantitative estimate of drug-likeness (QED) is 0.893. The van der Waals surface area contributed by atoms with Crippen molar-refractivity contribution in [2.24, 2.45) is 0 Å². The van der Waals surface area contributed by atoms with E-state index < -0.39 is 0 Å². The number of carbonyl (C=O) groups is 1. The van der Waals surface area contributed by atoms with Gasteiger partial charge in [0.1, 0.15) is 0 Å². The Kier molecular flexibility index (Phi) is 5.68. The Morgan fingerprint density at radius 2 is 1.96 bits per heavy atom. The van der Waals surface area contributed by atoms with Gasteiger partial charge in [-0.1, -0.05) is 13.0 Å². The molecule has 1 amide bonds. The van der Waals surface area contributed by atoms with E-state index in [1.54, 1.807) is 0 Å². The van der Waals surface area contributed by atoms with Gasteiger partial charge in [0.15, 0.2) is 0 Å². The Bertz CT molecular complexity index is 535. The largest absolute Gasteiger partial charge is 0.349 e. The first-order valence-corrected chi connectivity index (χ1v) is 9.12. The third kappa shape index (κ3) is 4.33. The summed E-state index contributed by atoms with van der Waals surface area (Å²) in [5.41, 5.74) is 3.54. The van der Waals surface area contributed by atoms with Crippen molar-refractivity contribution in [2.45, 2.75) is 45.1 Å². The van der Waals surface area contributed by atoms with Crippen LogP contribution in [0.3, 0.4) is 0 Å². The molecule has 1 aromatic carbocycles. The maximum Gasteiger partial charge on any atom is 0.251 e. The number of rotatable bonds is 4. The first kappa shape index (κ1) is 16.5. The smallest absolute Gasteiger partial charge is 0.251 e. The van der Waals surface area contributed by atoms with Crippen molar-refractivity contribution >= 4 is 5.91 Å². The number of amides is 1. The van der Waals surface area contributed by atoms with Gasteiger partial charge in [0.05, 0.1) is 0 Å². The van der Waals surface area contributed by atoms with Gasteiger partial charge in [-0.15, -0.1) is 0 Å². The Labute approximate surface area is 139 Å². The van der Waals surface area contributed by atoms with Gasteiger partial charge in [0.25, 0.3) is 5.91 Å². The maximum atomic E-state index is 12.6. The van der Waals surface area contributed by atoms with E-state index in [0.29, 0.717) is 6.04 Å². The number of nitrogens with one attached hydrogen (secondary N) is 2. The lowest BCUT2D eigenvalue weighted by molar-refractivity contribution is 0.0911. The van der Waals surface area contributed by atoms with E-state index in [-0.39, 0.29) is 5.91 Å². The molecular weight excluding hydrogens is 286 g/mol. The molecule has 2 N–H and O–H groups in total. The van der Waals surface area contributed by atoms with Gasteiger partial charge >= 0.3 is 0 Å². The molecule has 0 bridgehead atoms. The molecule has 1 saturated heterocycles. The van der Waals surface area contributed by atoms with Crippen molar-refractivity contribution in [3.05, 3.63) is 34.9 Å². The number of benzene rings is 1. The molecule has 3 rings (SSSR count). The molecule has 23 heavy (non-hydrogen) atoms. The predicted molar refractivity (Wildman–Crippen MR) is 93.9 cm³/mol. The van der Waals surface area contributed by atoms with Crippen molar-refractivity contribution in [1.29, 1.82) is 0 Å². The lowest BCUT2D eigenvalue weighted by atomic mass is 9.99. The van der Waals surface area contributed by atoms with Crippen LogP contribution in [0.25, 0.3) is 0 Å². The SMILES string of the molecule is CCCN1CCC(NC(=O)c2ccc3c(c2)CCNCC3)CC1. The number of fused-ring (bicyclic) bond motifs is 1. The summed E-state index contributed by atoms with van der Waals surface area (Å²) >= 11 is 0. The number of hydrogen-bond acceptors (Lipinski definition) is 3. The molecular formula is C19H29N3O. The van der Waals surface area contributed by atoms with Crippen molar-refractivity contribution in [3.8, 4) is 0 Å². The van der Waals surface area contributed by atoms with Crippen molar-refractivity contribution in [3.63, 3.8) is 0 Å². The first-order valence-electron chi connectivity index (χ1n) is 9.12. The second-order valence-electron chi connectivity index (χ2n) is 6.82. The molecule has 2 heterocycles. The molecule has 1 aromatic rings. The fourth-order valence-corrected chi connectivity index (χ4v) is 3.70. The highest BCUT2D eigenvalue weighted by Gasteiger charge is 2.21. The molecule has 0 radical (unpaired) electrons. The summed E-state index contributed by atoms with van der Waals surface area (Å²) in [7, 11) is 0. The van der Waals surface area contributed by atoms with Crippen LogP contribution in [0.15, 0.2) is 18.2 Å². The zero-order valence-electron chi connectivity index (χ0n) is 14.2. The summed E-state index contributed by atoms with van der Waals surface area (Å²) in [5.74, 6) is 0.0962. The summed E-state index contributed by atoms with van der Waals surface area (Å²) in [5, 5.41) is 6.66. The molecule has 2 aliphatic rings. The summed E-state index contributed by atoms with van der Waals surface area (Å²) in [6.07, 6.45) is 5.43. The van der Waals surface area contributed by atoms with Gasteiger partial charge in [-0.2, -0.15) is 0 Å². The highest BCUT2D eigenvalue weighted by Crippen LogP contribution is 2.17. The molecule has 0 aromatic heterocycles. The topological polar surface area (TPSA) is 44.4 Å². The Balaban J connectivity index is 1.57.